The first kappa shape index (κ1) is 14.1. The second-order valence-corrected chi connectivity index (χ2v) is 7.33. The third-order valence-corrected chi connectivity index (χ3v) is 5.32. The van der Waals surface area contributed by atoms with Crippen LogP contribution in [0.4, 0.5) is 0 Å². The van der Waals surface area contributed by atoms with Crippen LogP contribution in [0.25, 0.3) is 0 Å². The Morgan fingerprint density at radius 2 is 2.05 bits per heavy atom. The lowest BCUT2D eigenvalue weighted by Crippen LogP contribution is -2.14. The van der Waals surface area contributed by atoms with E-state index >= 15 is 0 Å². The van der Waals surface area contributed by atoms with E-state index in [1.54, 1.807) is 0 Å². The molecule has 1 N–H and O–H groups in total. The fourth-order valence-corrected chi connectivity index (χ4v) is 3.12. The molecule has 3 rings (SSSR count). The average Bonchev–Trinajstić information content (AvgIpc) is 3.16. The lowest BCUT2D eigenvalue weighted by atomic mass is 10.2. The third kappa shape index (κ3) is 3.84. The molecule has 0 bridgehead atoms. The van der Waals surface area contributed by atoms with Crippen LogP contribution < -0.4 is 10.1 Å². The van der Waals surface area contributed by atoms with Gasteiger partial charge in [0.1, 0.15) is 12.4 Å². The third-order valence-electron chi connectivity index (χ3n) is 3.37. The summed E-state index contributed by atoms with van der Waals surface area (Å²) in [5, 5.41) is 3.54. The number of ether oxygens (including phenoxy) is 1. The topological polar surface area (TPSA) is 21.3 Å². The Kier molecular flexibility index (Phi) is 4.44. The predicted molar refractivity (Wildman–Crippen MR) is 87.4 cm³/mol. The molecule has 1 fully saturated rings. The summed E-state index contributed by atoms with van der Waals surface area (Å²) in [6.45, 7) is 3.71. The highest BCUT2D eigenvalue weighted by atomic mass is 79.9. The minimum Gasteiger partial charge on any atom is -0.488 e. The van der Waals surface area contributed by atoms with Crippen molar-refractivity contribution in [1.82, 2.24) is 5.32 Å². The summed E-state index contributed by atoms with van der Waals surface area (Å²) >= 11 is 5.33. The van der Waals surface area contributed by atoms with Crippen LogP contribution in [0.3, 0.4) is 0 Å². The lowest BCUT2D eigenvalue weighted by molar-refractivity contribution is 0.309. The van der Waals surface area contributed by atoms with Gasteiger partial charge in [0.2, 0.25) is 0 Å². The van der Waals surface area contributed by atoms with Crippen molar-refractivity contribution in [3.05, 3.63) is 50.1 Å². The smallest absolute Gasteiger partial charge is 0.122 e. The number of thiophene rings is 1. The Labute approximate surface area is 132 Å². The zero-order chi connectivity index (χ0) is 13.9. The van der Waals surface area contributed by atoms with E-state index < -0.39 is 0 Å². The Bertz CT molecular complexity index is 592. The second-order valence-electron chi connectivity index (χ2n) is 5.22. The largest absolute Gasteiger partial charge is 0.488 e. The standard InChI is InChI=1S/C16H18BrNOS/c1-11-8-13(4-7-16(11)17)19-10-15-6-5-14(20-15)9-18-12-2-3-12/h4-8,12,18H,2-3,9-10H2,1H3. The summed E-state index contributed by atoms with van der Waals surface area (Å²) in [6, 6.07) is 11.2. The van der Waals surface area contributed by atoms with Gasteiger partial charge in [-0.25, -0.2) is 0 Å². The van der Waals surface area contributed by atoms with Gasteiger partial charge in [0, 0.05) is 26.8 Å². The van der Waals surface area contributed by atoms with Crippen molar-refractivity contribution in [2.24, 2.45) is 0 Å². The summed E-state index contributed by atoms with van der Waals surface area (Å²) in [5.41, 5.74) is 1.20. The summed E-state index contributed by atoms with van der Waals surface area (Å²) < 4.78 is 6.97. The molecule has 0 amide bonds. The number of hydrogen-bond donors (Lipinski definition) is 1. The van der Waals surface area contributed by atoms with E-state index in [2.05, 4.69) is 46.4 Å². The molecule has 2 aromatic rings. The molecule has 2 nitrogen and oxygen atoms in total. The molecule has 0 atom stereocenters. The predicted octanol–water partition coefficient (Wildman–Crippen LogP) is 4.65. The molecule has 0 unspecified atom stereocenters. The number of hydrogen-bond acceptors (Lipinski definition) is 3. The van der Waals surface area contributed by atoms with Crippen LogP contribution >= 0.6 is 27.3 Å². The van der Waals surface area contributed by atoms with Crippen molar-refractivity contribution in [1.29, 1.82) is 0 Å². The SMILES string of the molecule is Cc1cc(OCc2ccc(CNC3CC3)s2)ccc1Br. The zero-order valence-corrected chi connectivity index (χ0v) is 13.9. The van der Waals surface area contributed by atoms with Crippen LogP contribution in [0.2, 0.25) is 0 Å². The van der Waals surface area contributed by atoms with E-state index in [9.17, 15) is 0 Å². The molecule has 1 heterocycles. The Morgan fingerprint density at radius 3 is 2.80 bits per heavy atom. The van der Waals surface area contributed by atoms with E-state index in [4.69, 9.17) is 4.74 Å². The van der Waals surface area contributed by atoms with Gasteiger partial charge in [0.15, 0.2) is 0 Å². The van der Waals surface area contributed by atoms with Gasteiger partial charge in [0.25, 0.3) is 0 Å². The van der Waals surface area contributed by atoms with Crippen LogP contribution in [0.1, 0.15) is 28.2 Å². The average molecular weight is 352 g/mol. The number of rotatable bonds is 6. The van der Waals surface area contributed by atoms with Crippen molar-refractivity contribution < 1.29 is 4.74 Å². The normalized spacial score (nSPS) is 14.5. The highest BCUT2D eigenvalue weighted by molar-refractivity contribution is 9.10. The first-order valence-corrected chi connectivity index (χ1v) is 8.51. The summed E-state index contributed by atoms with van der Waals surface area (Å²) in [5.74, 6) is 0.928. The quantitative estimate of drug-likeness (QED) is 0.817. The van der Waals surface area contributed by atoms with Crippen molar-refractivity contribution in [3.8, 4) is 5.75 Å². The van der Waals surface area contributed by atoms with Crippen molar-refractivity contribution >= 4 is 27.3 Å². The van der Waals surface area contributed by atoms with Crippen LogP contribution in [0, 0.1) is 6.92 Å². The van der Waals surface area contributed by atoms with E-state index in [1.165, 1.54) is 28.2 Å². The molecule has 1 saturated carbocycles. The molecule has 1 aromatic heterocycles. The minimum absolute atomic E-state index is 0.648. The van der Waals surface area contributed by atoms with Gasteiger partial charge in [-0.05, 0) is 55.7 Å². The van der Waals surface area contributed by atoms with E-state index in [-0.39, 0.29) is 0 Å². The van der Waals surface area contributed by atoms with Crippen LogP contribution in [0.15, 0.2) is 34.8 Å². The molecule has 20 heavy (non-hydrogen) atoms. The van der Waals surface area contributed by atoms with Gasteiger partial charge >= 0.3 is 0 Å². The highest BCUT2D eigenvalue weighted by Crippen LogP contribution is 2.24. The molecule has 0 spiro atoms. The fourth-order valence-electron chi connectivity index (χ4n) is 1.99. The Morgan fingerprint density at radius 1 is 1.25 bits per heavy atom. The van der Waals surface area contributed by atoms with Crippen LogP contribution in [-0.4, -0.2) is 6.04 Å². The summed E-state index contributed by atoms with van der Waals surface area (Å²) in [6.07, 6.45) is 2.68. The molecule has 1 aliphatic carbocycles. The maximum absolute atomic E-state index is 5.85. The van der Waals surface area contributed by atoms with Gasteiger partial charge < -0.3 is 10.1 Å². The molecule has 0 saturated heterocycles. The fraction of sp³-hybridized carbons (Fsp3) is 0.375. The first-order valence-electron chi connectivity index (χ1n) is 6.90. The number of nitrogens with one attached hydrogen (secondary N) is 1. The maximum atomic E-state index is 5.85. The minimum atomic E-state index is 0.648. The van der Waals surface area contributed by atoms with E-state index in [0.717, 1.165) is 22.8 Å². The maximum Gasteiger partial charge on any atom is 0.122 e. The monoisotopic (exact) mass is 351 g/mol. The van der Waals surface area contributed by atoms with Gasteiger partial charge in [-0.2, -0.15) is 0 Å². The molecule has 106 valence electrons. The van der Waals surface area contributed by atoms with E-state index in [1.807, 2.05) is 23.5 Å². The number of benzene rings is 1. The van der Waals surface area contributed by atoms with Crippen molar-refractivity contribution in [2.75, 3.05) is 0 Å². The Balaban J connectivity index is 1.53. The molecular weight excluding hydrogens is 334 g/mol. The van der Waals surface area contributed by atoms with Crippen LogP contribution in [-0.2, 0) is 13.2 Å². The molecule has 1 aromatic carbocycles. The van der Waals surface area contributed by atoms with Crippen LogP contribution in [0.5, 0.6) is 5.75 Å². The molecule has 1 aliphatic rings. The zero-order valence-electron chi connectivity index (χ0n) is 11.5. The summed E-state index contributed by atoms with van der Waals surface area (Å²) in [7, 11) is 0. The Hall–Kier alpha value is -0.840. The second kappa shape index (κ2) is 6.29. The number of halogens is 1. The lowest BCUT2D eigenvalue weighted by Gasteiger charge is -2.06. The van der Waals surface area contributed by atoms with Gasteiger partial charge in [-0.3, -0.25) is 0 Å². The highest BCUT2D eigenvalue weighted by Gasteiger charge is 2.20. The number of aryl methyl sites for hydroxylation is 1. The van der Waals surface area contributed by atoms with Gasteiger partial charge in [-0.1, -0.05) is 15.9 Å². The first-order chi connectivity index (χ1) is 9.70. The van der Waals surface area contributed by atoms with Gasteiger partial charge in [0.05, 0.1) is 0 Å². The van der Waals surface area contributed by atoms with Gasteiger partial charge in [-0.15, -0.1) is 11.3 Å². The van der Waals surface area contributed by atoms with E-state index in [0.29, 0.717) is 6.61 Å². The molecule has 0 radical (unpaired) electrons. The molecule has 0 aliphatic heterocycles. The molecule has 4 heteroatoms. The van der Waals surface area contributed by atoms with Crippen molar-refractivity contribution in [2.45, 2.75) is 39.0 Å². The molecular formula is C16H18BrNOS. The van der Waals surface area contributed by atoms with Crippen molar-refractivity contribution in [3.63, 3.8) is 0 Å². The summed E-state index contributed by atoms with van der Waals surface area (Å²) in [4.78, 5) is 2.67.